The van der Waals surface area contributed by atoms with Crippen molar-refractivity contribution in [3.63, 3.8) is 0 Å². The summed E-state index contributed by atoms with van der Waals surface area (Å²) in [5, 5.41) is 7.31. The predicted molar refractivity (Wildman–Crippen MR) is 116 cm³/mol. The van der Waals surface area contributed by atoms with Gasteiger partial charge in [0.25, 0.3) is 0 Å². The maximum Gasteiger partial charge on any atom is 0.188 e. The fourth-order valence-corrected chi connectivity index (χ4v) is 3.09. The smallest absolute Gasteiger partial charge is 0.188 e. The van der Waals surface area contributed by atoms with Gasteiger partial charge in [0, 0.05) is 37.9 Å². The highest BCUT2D eigenvalue weighted by Crippen LogP contribution is 2.24. The third-order valence-corrected chi connectivity index (χ3v) is 4.37. The number of aliphatic imine (C=N–C) groups is 1. The monoisotopic (exact) mass is 468 g/mol. The Bertz CT molecular complexity index is 772. The molecule has 0 aliphatic carbocycles. The van der Waals surface area contributed by atoms with Crippen LogP contribution in [0.3, 0.4) is 0 Å². The van der Waals surface area contributed by atoms with E-state index < -0.39 is 0 Å². The molecule has 0 aliphatic heterocycles. The number of rotatable bonds is 7. The standard InChI is InChI=1S/C17H20N6S.HI/c18-16(20-10-8-13-5-3-4-9-19-13)21-11-12-22-17-23-14-6-1-2-7-15(14)24-17;/h1-7,9H,8,10-12H2,(H,22,23)(H3,18,20,21);1H. The Kier molecular flexibility index (Phi) is 7.86. The average molecular weight is 468 g/mol. The van der Waals surface area contributed by atoms with Crippen LogP contribution in [-0.2, 0) is 6.42 Å². The SMILES string of the molecule is I.NC(=NCCc1ccccn1)NCCNc1nc2ccccc2s1. The summed E-state index contributed by atoms with van der Waals surface area (Å²) in [6, 6.07) is 14.0. The van der Waals surface area contributed by atoms with E-state index in [1.807, 2.05) is 36.4 Å². The van der Waals surface area contributed by atoms with E-state index in [9.17, 15) is 0 Å². The molecule has 0 saturated heterocycles. The van der Waals surface area contributed by atoms with Gasteiger partial charge >= 0.3 is 0 Å². The van der Waals surface area contributed by atoms with E-state index in [0.29, 0.717) is 19.0 Å². The number of fused-ring (bicyclic) bond motifs is 1. The minimum absolute atomic E-state index is 0. The lowest BCUT2D eigenvalue weighted by atomic mass is 10.3. The van der Waals surface area contributed by atoms with E-state index in [4.69, 9.17) is 5.73 Å². The molecule has 1 aromatic carbocycles. The number of aromatic nitrogens is 2. The molecular weight excluding hydrogens is 447 g/mol. The van der Waals surface area contributed by atoms with Crippen molar-refractivity contribution < 1.29 is 0 Å². The zero-order valence-electron chi connectivity index (χ0n) is 13.7. The molecule has 132 valence electrons. The molecule has 0 unspecified atom stereocenters. The first-order valence-corrected chi connectivity index (χ1v) is 8.66. The van der Waals surface area contributed by atoms with Crippen LogP contribution in [0.15, 0.2) is 53.7 Å². The third kappa shape index (κ3) is 6.13. The van der Waals surface area contributed by atoms with E-state index in [0.717, 1.165) is 29.3 Å². The summed E-state index contributed by atoms with van der Waals surface area (Å²) in [6.07, 6.45) is 2.57. The van der Waals surface area contributed by atoms with E-state index in [1.165, 1.54) is 4.70 Å². The number of anilines is 1. The van der Waals surface area contributed by atoms with Crippen LogP contribution in [0.1, 0.15) is 5.69 Å². The van der Waals surface area contributed by atoms with Crippen molar-refractivity contribution in [2.24, 2.45) is 10.7 Å². The molecule has 3 aromatic rings. The molecule has 2 aromatic heterocycles. The molecule has 0 fully saturated rings. The van der Waals surface area contributed by atoms with Crippen LogP contribution >= 0.6 is 35.3 Å². The van der Waals surface area contributed by atoms with Crippen LogP contribution in [0.25, 0.3) is 10.2 Å². The van der Waals surface area contributed by atoms with Gasteiger partial charge in [-0.15, -0.1) is 24.0 Å². The van der Waals surface area contributed by atoms with Crippen LogP contribution in [0, 0.1) is 0 Å². The fraction of sp³-hybridized carbons (Fsp3) is 0.235. The van der Waals surface area contributed by atoms with Crippen molar-refractivity contribution in [1.29, 1.82) is 0 Å². The van der Waals surface area contributed by atoms with Crippen molar-refractivity contribution in [3.8, 4) is 0 Å². The molecule has 0 saturated carbocycles. The van der Waals surface area contributed by atoms with Crippen molar-refractivity contribution in [3.05, 3.63) is 54.4 Å². The van der Waals surface area contributed by atoms with Gasteiger partial charge in [-0.2, -0.15) is 0 Å². The summed E-state index contributed by atoms with van der Waals surface area (Å²) in [4.78, 5) is 13.1. The second kappa shape index (κ2) is 10.1. The lowest BCUT2D eigenvalue weighted by Gasteiger charge is -2.06. The molecule has 0 amide bonds. The number of nitrogens with one attached hydrogen (secondary N) is 2. The first kappa shape index (κ1) is 19.4. The summed E-state index contributed by atoms with van der Waals surface area (Å²) in [5.41, 5.74) is 7.90. The maximum absolute atomic E-state index is 5.86. The number of para-hydroxylation sites is 1. The van der Waals surface area contributed by atoms with Gasteiger partial charge in [0.05, 0.1) is 10.2 Å². The molecule has 0 aliphatic rings. The Balaban J connectivity index is 0.00000225. The van der Waals surface area contributed by atoms with Crippen molar-refractivity contribution in [2.75, 3.05) is 25.0 Å². The average Bonchev–Trinajstić information content (AvgIpc) is 3.02. The number of pyridine rings is 1. The summed E-state index contributed by atoms with van der Waals surface area (Å²) in [7, 11) is 0. The first-order chi connectivity index (χ1) is 11.8. The van der Waals surface area contributed by atoms with E-state index in [2.05, 4.69) is 31.7 Å². The number of hydrogen-bond donors (Lipinski definition) is 3. The van der Waals surface area contributed by atoms with Crippen LogP contribution in [0.5, 0.6) is 0 Å². The first-order valence-electron chi connectivity index (χ1n) is 7.84. The summed E-state index contributed by atoms with van der Waals surface area (Å²) < 4.78 is 1.18. The molecule has 2 heterocycles. The quantitative estimate of drug-likeness (QED) is 0.215. The zero-order valence-corrected chi connectivity index (χ0v) is 16.8. The largest absolute Gasteiger partial charge is 0.370 e. The number of benzene rings is 1. The molecule has 0 atom stereocenters. The second-order valence-corrected chi connectivity index (χ2v) is 6.21. The van der Waals surface area contributed by atoms with Gasteiger partial charge < -0.3 is 16.4 Å². The Morgan fingerprint density at radius 3 is 2.76 bits per heavy atom. The van der Waals surface area contributed by atoms with Crippen LogP contribution in [-0.4, -0.2) is 35.6 Å². The summed E-state index contributed by atoms with van der Waals surface area (Å²) in [6.45, 7) is 2.05. The van der Waals surface area contributed by atoms with Gasteiger partial charge in [-0.05, 0) is 24.3 Å². The Hall–Kier alpha value is -1.94. The van der Waals surface area contributed by atoms with Gasteiger partial charge in [0.1, 0.15) is 0 Å². The lowest BCUT2D eigenvalue weighted by molar-refractivity contribution is 0.865. The van der Waals surface area contributed by atoms with Crippen LogP contribution in [0.2, 0.25) is 0 Å². The second-order valence-electron chi connectivity index (χ2n) is 5.18. The minimum atomic E-state index is 0. The van der Waals surface area contributed by atoms with Gasteiger partial charge in [-0.1, -0.05) is 29.5 Å². The summed E-state index contributed by atoms with van der Waals surface area (Å²) >= 11 is 1.65. The van der Waals surface area contributed by atoms with E-state index >= 15 is 0 Å². The van der Waals surface area contributed by atoms with Crippen molar-refractivity contribution in [2.45, 2.75) is 6.42 Å². The number of thiazole rings is 1. The highest BCUT2D eigenvalue weighted by molar-refractivity contribution is 14.0. The fourth-order valence-electron chi connectivity index (χ4n) is 2.20. The molecule has 0 bridgehead atoms. The number of halogens is 1. The Morgan fingerprint density at radius 2 is 1.96 bits per heavy atom. The topological polar surface area (TPSA) is 88.2 Å². The number of hydrogen-bond acceptors (Lipinski definition) is 5. The van der Waals surface area contributed by atoms with Crippen molar-refractivity contribution in [1.82, 2.24) is 15.3 Å². The van der Waals surface area contributed by atoms with E-state index in [-0.39, 0.29) is 24.0 Å². The molecule has 8 heteroatoms. The number of nitrogens with zero attached hydrogens (tertiary/aromatic N) is 3. The molecule has 25 heavy (non-hydrogen) atoms. The lowest BCUT2D eigenvalue weighted by Crippen LogP contribution is -2.35. The zero-order chi connectivity index (χ0) is 16.6. The van der Waals surface area contributed by atoms with Crippen molar-refractivity contribution >= 4 is 56.6 Å². The molecule has 3 rings (SSSR count). The predicted octanol–water partition coefficient (Wildman–Crippen LogP) is 2.87. The molecule has 0 spiro atoms. The van der Waals surface area contributed by atoms with Gasteiger partial charge in [0.15, 0.2) is 11.1 Å². The third-order valence-electron chi connectivity index (χ3n) is 3.38. The summed E-state index contributed by atoms with van der Waals surface area (Å²) in [5.74, 6) is 0.456. The number of nitrogens with two attached hydrogens (primary N) is 1. The van der Waals surface area contributed by atoms with Crippen LogP contribution < -0.4 is 16.4 Å². The van der Waals surface area contributed by atoms with Gasteiger partial charge in [0.2, 0.25) is 0 Å². The highest BCUT2D eigenvalue weighted by Gasteiger charge is 2.01. The highest BCUT2D eigenvalue weighted by atomic mass is 127. The molecule has 6 nitrogen and oxygen atoms in total. The van der Waals surface area contributed by atoms with E-state index in [1.54, 1.807) is 17.5 Å². The Morgan fingerprint density at radius 1 is 1.12 bits per heavy atom. The maximum atomic E-state index is 5.86. The normalized spacial score (nSPS) is 11.1. The molecule has 4 N–H and O–H groups in total. The van der Waals surface area contributed by atoms with Crippen LogP contribution in [0.4, 0.5) is 5.13 Å². The molecule has 0 radical (unpaired) electrons. The minimum Gasteiger partial charge on any atom is -0.370 e. The van der Waals surface area contributed by atoms with Gasteiger partial charge in [-0.25, -0.2) is 4.98 Å². The number of guanidine groups is 1. The molecular formula is C17H21IN6S. The Labute approximate surface area is 168 Å². The van der Waals surface area contributed by atoms with Gasteiger partial charge in [-0.3, -0.25) is 9.98 Å².